The Labute approximate surface area is 218 Å². The summed E-state index contributed by atoms with van der Waals surface area (Å²) in [5.41, 5.74) is 4.18. The fourth-order valence-corrected chi connectivity index (χ4v) is 5.19. The summed E-state index contributed by atoms with van der Waals surface area (Å²) >= 11 is 0. The van der Waals surface area contributed by atoms with Gasteiger partial charge in [-0.3, -0.25) is 9.69 Å². The van der Waals surface area contributed by atoms with Crippen molar-refractivity contribution in [3.05, 3.63) is 94.1 Å². The van der Waals surface area contributed by atoms with E-state index in [1.165, 1.54) is 0 Å². The van der Waals surface area contributed by atoms with Crippen LogP contribution in [-0.4, -0.2) is 51.3 Å². The summed E-state index contributed by atoms with van der Waals surface area (Å²) in [7, 11) is 1.72. The quantitative estimate of drug-likeness (QED) is 0.312. The minimum atomic E-state index is -0.207. The molecule has 1 unspecified atom stereocenters. The number of piperazine rings is 1. The van der Waals surface area contributed by atoms with E-state index in [1.807, 2.05) is 74.5 Å². The molecule has 5 rings (SSSR count). The van der Waals surface area contributed by atoms with Gasteiger partial charge >= 0.3 is 0 Å². The molecule has 0 spiro atoms. The summed E-state index contributed by atoms with van der Waals surface area (Å²) in [4.78, 5) is 18.1. The van der Waals surface area contributed by atoms with E-state index >= 15 is 0 Å². The van der Waals surface area contributed by atoms with Crippen molar-refractivity contribution >= 4 is 16.7 Å². The van der Waals surface area contributed by atoms with Crippen LogP contribution in [0.2, 0.25) is 0 Å². The zero-order valence-electron chi connectivity index (χ0n) is 21.8. The number of fused-ring (bicyclic) bond motifs is 1. The van der Waals surface area contributed by atoms with Gasteiger partial charge in [-0.05, 0) is 32.0 Å². The predicted octanol–water partition coefficient (Wildman–Crippen LogP) is 5.68. The molecule has 37 heavy (non-hydrogen) atoms. The Bertz CT molecular complexity index is 1410. The zero-order valence-corrected chi connectivity index (χ0v) is 21.8. The van der Waals surface area contributed by atoms with Crippen molar-refractivity contribution in [1.82, 2.24) is 4.90 Å². The molecule has 1 aromatic heterocycles. The van der Waals surface area contributed by atoms with Gasteiger partial charge in [-0.25, -0.2) is 0 Å². The maximum absolute atomic E-state index is 13.3. The number of para-hydroxylation sites is 3. The first-order valence-electron chi connectivity index (χ1n) is 12.9. The van der Waals surface area contributed by atoms with Gasteiger partial charge in [0.2, 0.25) is 0 Å². The van der Waals surface area contributed by atoms with Crippen molar-refractivity contribution in [2.45, 2.75) is 20.0 Å². The largest absolute Gasteiger partial charge is 0.495 e. The molecule has 0 N–H and O–H groups in total. The van der Waals surface area contributed by atoms with Crippen LogP contribution in [0.4, 0.5) is 5.69 Å². The third-order valence-corrected chi connectivity index (χ3v) is 7.15. The van der Waals surface area contributed by atoms with E-state index < -0.39 is 0 Å². The van der Waals surface area contributed by atoms with Crippen molar-refractivity contribution in [1.29, 1.82) is 0 Å². The molecule has 2 heterocycles. The normalized spacial score (nSPS) is 15.2. The molecule has 0 aliphatic carbocycles. The molecule has 4 aromatic rings. The molecule has 6 heteroatoms. The number of rotatable bonds is 8. The van der Waals surface area contributed by atoms with Gasteiger partial charge in [0.15, 0.2) is 5.43 Å². The molecule has 1 atom stereocenters. The topological polar surface area (TPSA) is 55.2 Å². The lowest BCUT2D eigenvalue weighted by atomic mass is 10.0. The van der Waals surface area contributed by atoms with E-state index in [4.69, 9.17) is 13.9 Å². The summed E-state index contributed by atoms with van der Waals surface area (Å²) in [6, 6.07) is 23.8. The lowest BCUT2D eigenvalue weighted by molar-refractivity contribution is 0.0314. The SMILES string of the molecule is CCOC(CN1CCN(c2ccccc2OC)CC1)c1cccc2c(=O)c(C)c(-c3ccccc3)oc12. The van der Waals surface area contributed by atoms with Crippen molar-refractivity contribution < 1.29 is 13.9 Å². The third kappa shape index (κ3) is 5.13. The van der Waals surface area contributed by atoms with Crippen molar-refractivity contribution in [3.8, 4) is 17.1 Å². The number of nitrogens with zero attached hydrogens (tertiary/aromatic N) is 2. The maximum atomic E-state index is 13.3. The minimum absolute atomic E-state index is 0.00243. The predicted molar refractivity (Wildman–Crippen MR) is 149 cm³/mol. The van der Waals surface area contributed by atoms with Crippen LogP contribution < -0.4 is 15.1 Å². The first kappa shape index (κ1) is 25.1. The van der Waals surface area contributed by atoms with E-state index in [0.29, 0.717) is 28.9 Å². The summed E-state index contributed by atoms with van der Waals surface area (Å²) in [6.45, 7) is 8.77. The van der Waals surface area contributed by atoms with Crippen molar-refractivity contribution in [2.24, 2.45) is 0 Å². The van der Waals surface area contributed by atoms with Gasteiger partial charge in [0.05, 0.1) is 24.3 Å². The van der Waals surface area contributed by atoms with Crippen LogP contribution >= 0.6 is 0 Å². The van der Waals surface area contributed by atoms with Gasteiger partial charge in [0.1, 0.15) is 17.1 Å². The van der Waals surface area contributed by atoms with Gasteiger partial charge in [0, 0.05) is 56.0 Å². The fraction of sp³-hybridized carbons (Fsp3) is 0.323. The number of anilines is 1. The second-order valence-corrected chi connectivity index (χ2v) is 9.38. The molecule has 0 radical (unpaired) electrons. The van der Waals surface area contributed by atoms with Crippen LogP contribution in [0.15, 0.2) is 82.0 Å². The molecule has 0 bridgehead atoms. The molecule has 6 nitrogen and oxygen atoms in total. The molecule has 0 saturated carbocycles. The van der Waals surface area contributed by atoms with Gasteiger partial charge in [-0.2, -0.15) is 0 Å². The average Bonchev–Trinajstić information content (AvgIpc) is 2.95. The fourth-order valence-electron chi connectivity index (χ4n) is 5.19. The second-order valence-electron chi connectivity index (χ2n) is 9.38. The first-order valence-corrected chi connectivity index (χ1v) is 12.9. The highest BCUT2D eigenvalue weighted by atomic mass is 16.5. The van der Waals surface area contributed by atoms with Gasteiger partial charge < -0.3 is 18.8 Å². The number of hydrogen-bond donors (Lipinski definition) is 0. The molecule has 3 aromatic carbocycles. The number of ether oxygens (including phenoxy) is 2. The summed E-state index contributed by atoms with van der Waals surface area (Å²) in [5, 5.41) is 0.598. The number of benzene rings is 3. The van der Waals surface area contributed by atoms with E-state index in [1.54, 1.807) is 7.11 Å². The van der Waals surface area contributed by atoms with E-state index in [0.717, 1.165) is 55.3 Å². The third-order valence-electron chi connectivity index (χ3n) is 7.15. The Kier molecular flexibility index (Phi) is 7.58. The van der Waals surface area contributed by atoms with Crippen LogP contribution in [0.1, 0.15) is 24.2 Å². The van der Waals surface area contributed by atoms with Crippen LogP contribution in [0, 0.1) is 6.92 Å². The van der Waals surface area contributed by atoms with Gasteiger partial charge in [-0.15, -0.1) is 0 Å². The summed E-state index contributed by atoms with van der Waals surface area (Å²) in [6.07, 6.45) is -0.207. The van der Waals surface area contributed by atoms with Crippen molar-refractivity contribution in [2.75, 3.05) is 51.3 Å². The monoisotopic (exact) mass is 498 g/mol. The average molecular weight is 499 g/mol. The highest BCUT2D eigenvalue weighted by molar-refractivity contribution is 5.83. The Morgan fingerprint density at radius 3 is 2.38 bits per heavy atom. The highest BCUT2D eigenvalue weighted by Crippen LogP contribution is 2.32. The zero-order chi connectivity index (χ0) is 25.8. The Morgan fingerprint density at radius 1 is 0.919 bits per heavy atom. The molecule has 1 fully saturated rings. The minimum Gasteiger partial charge on any atom is -0.495 e. The number of methoxy groups -OCH3 is 1. The Hall–Kier alpha value is -3.61. The second kappa shape index (κ2) is 11.2. The van der Waals surface area contributed by atoms with E-state index in [-0.39, 0.29) is 11.5 Å². The standard InChI is InChI=1S/C31H34N2O4/c1-4-36-28(21-32-17-19-33(20-18-32)26-15-8-9-16-27(26)35-3)24-13-10-14-25-29(34)22(2)30(37-31(24)25)23-11-6-5-7-12-23/h5-16,28H,4,17-21H2,1-3H3. The van der Waals surface area contributed by atoms with Crippen LogP contribution in [0.5, 0.6) is 5.75 Å². The molecular formula is C31H34N2O4. The smallest absolute Gasteiger partial charge is 0.196 e. The lowest BCUT2D eigenvalue weighted by Gasteiger charge is -2.38. The Morgan fingerprint density at radius 2 is 1.65 bits per heavy atom. The van der Waals surface area contributed by atoms with Gasteiger partial charge in [0.25, 0.3) is 0 Å². The number of hydrogen-bond acceptors (Lipinski definition) is 6. The van der Waals surface area contributed by atoms with E-state index in [9.17, 15) is 4.79 Å². The highest BCUT2D eigenvalue weighted by Gasteiger charge is 2.25. The van der Waals surface area contributed by atoms with Gasteiger partial charge in [-0.1, -0.05) is 54.6 Å². The van der Waals surface area contributed by atoms with Crippen LogP contribution in [0.3, 0.4) is 0 Å². The molecule has 192 valence electrons. The first-order chi connectivity index (χ1) is 18.1. The molecular weight excluding hydrogens is 464 g/mol. The van der Waals surface area contributed by atoms with Crippen LogP contribution in [-0.2, 0) is 4.74 Å². The molecule has 0 amide bonds. The summed E-state index contributed by atoms with van der Waals surface area (Å²) in [5.74, 6) is 1.52. The molecule has 1 aliphatic rings. The van der Waals surface area contributed by atoms with E-state index in [2.05, 4.69) is 21.9 Å². The van der Waals surface area contributed by atoms with Crippen molar-refractivity contribution in [3.63, 3.8) is 0 Å². The summed E-state index contributed by atoms with van der Waals surface area (Å²) < 4.78 is 18.3. The maximum Gasteiger partial charge on any atom is 0.196 e. The Balaban J connectivity index is 1.42. The lowest BCUT2D eigenvalue weighted by Crippen LogP contribution is -2.47. The molecule has 1 saturated heterocycles. The molecule has 1 aliphatic heterocycles. The van der Waals surface area contributed by atoms with Crippen LogP contribution in [0.25, 0.3) is 22.3 Å².